The van der Waals surface area contributed by atoms with Gasteiger partial charge >= 0.3 is 0 Å². The zero-order valence-corrected chi connectivity index (χ0v) is 11.9. The number of hydrogen-bond acceptors (Lipinski definition) is 1. The Hall–Kier alpha value is -1.51. The van der Waals surface area contributed by atoms with Gasteiger partial charge in [-0.15, -0.1) is 0 Å². The topological polar surface area (TPSA) is 29.1 Å². The van der Waals surface area contributed by atoms with E-state index in [9.17, 15) is 4.79 Å². The van der Waals surface area contributed by atoms with Crippen molar-refractivity contribution < 1.29 is 4.79 Å². The van der Waals surface area contributed by atoms with Crippen LogP contribution in [0.25, 0.3) is 0 Å². The van der Waals surface area contributed by atoms with E-state index >= 15 is 0 Å². The minimum absolute atomic E-state index is 0.226. The predicted molar refractivity (Wildman–Crippen MR) is 78.8 cm³/mol. The van der Waals surface area contributed by atoms with Crippen LogP contribution in [0.2, 0.25) is 10.0 Å². The van der Waals surface area contributed by atoms with Crippen LogP contribution >= 0.6 is 23.2 Å². The normalized spacial score (nSPS) is 10.3. The molecule has 0 atom stereocenters. The summed E-state index contributed by atoms with van der Waals surface area (Å²) in [6, 6.07) is 12.7. The van der Waals surface area contributed by atoms with Gasteiger partial charge in [0.25, 0.3) is 5.91 Å². The Morgan fingerprint density at radius 1 is 1.16 bits per heavy atom. The number of nitrogens with one attached hydrogen (secondary N) is 1. The van der Waals surface area contributed by atoms with E-state index in [0.717, 1.165) is 11.1 Å². The highest BCUT2D eigenvalue weighted by Crippen LogP contribution is 2.20. The Balaban J connectivity index is 2.10. The third-order valence-corrected chi connectivity index (χ3v) is 3.44. The van der Waals surface area contributed by atoms with Crippen molar-refractivity contribution in [1.82, 2.24) is 5.32 Å². The molecule has 0 heterocycles. The Morgan fingerprint density at radius 2 is 1.89 bits per heavy atom. The standard InChI is InChI=1S/C15H13Cl2NO/c1-10-4-2-3-5-11(10)9-18-15(19)13-8-12(16)6-7-14(13)17/h2-8H,9H2,1H3,(H,18,19). The predicted octanol–water partition coefficient (Wildman–Crippen LogP) is 4.23. The molecule has 0 aromatic heterocycles. The highest BCUT2D eigenvalue weighted by molar-refractivity contribution is 6.35. The van der Waals surface area contributed by atoms with Gasteiger partial charge in [0, 0.05) is 11.6 Å². The van der Waals surface area contributed by atoms with Gasteiger partial charge in [-0.25, -0.2) is 0 Å². The van der Waals surface area contributed by atoms with Gasteiger partial charge in [-0.2, -0.15) is 0 Å². The number of halogens is 2. The van der Waals surface area contributed by atoms with Crippen LogP contribution in [0.1, 0.15) is 21.5 Å². The van der Waals surface area contributed by atoms with Gasteiger partial charge in [-0.1, -0.05) is 47.5 Å². The summed E-state index contributed by atoms with van der Waals surface area (Å²) < 4.78 is 0. The van der Waals surface area contributed by atoms with Crippen molar-refractivity contribution in [1.29, 1.82) is 0 Å². The van der Waals surface area contributed by atoms with E-state index in [1.54, 1.807) is 18.2 Å². The molecule has 0 unspecified atom stereocenters. The number of amides is 1. The Labute approximate surface area is 122 Å². The molecule has 4 heteroatoms. The van der Waals surface area contributed by atoms with Crippen LogP contribution < -0.4 is 5.32 Å². The molecule has 0 aliphatic rings. The highest BCUT2D eigenvalue weighted by Gasteiger charge is 2.10. The fraction of sp³-hybridized carbons (Fsp3) is 0.133. The molecule has 0 spiro atoms. The van der Waals surface area contributed by atoms with Gasteiger partial charge in [0.1, 0.15) is 0 Å². The third-order valence-electron chi connectivity index (χ3n) is 2.87. The molecule has 0 bridgehead atoms. The molecule has 0 radical (unpaired) electrons. The Morgan fingerprint density at radius 3 is 2.63 bits per heavy atom. The van der Waals surface area contributed by atoms with E-state index in [-0.39, 0.29) is 5.91 Å². The van der Waals surface area contributed by atoms with Crippen LogP contribution in [0.5, 0.6) is 0 Å². The van der Waals surface area contributed by atoms with Crippen molar-refractivity contribution in [3.63, 3.8) is 0 Å². The number of hydrogen-bond donors (Lipinski definition) is 1. The summed E-state index contributed by atoms with van der Waals surface area (Å²) in [5.41, 5.74) is 2.61. The van der Waals surface area contributed by atoms with Crippen molar-refractivity contribution in [2.24, 2.45) is 0 Å². The average molecular weight is 294 g/mol. The molecule has 0 aliphatic heterocycles. The summed E-state index contributed by atoms with van der Waals surface area (Å²) >= 11 is 11.8. The molecule has 2 aromatic rings. The number of carbonyl (C=O) groups is 1. The largest absolute Gasteiger partial charge is 0.348 e. The second kappa shape index (κ2) is 6.09. The zero-order chi connectivity index (χ0) is 13.8. The van der Waals surface area contributed by atoms with Gasteiger partial charge in [0.2, 0.25) is 0 Å². The Kier molecular flexibility index (Phi) is 4.46. The molecule has 0 saturated carbocycles. The molecule has 98 valence electrons. The number of rotatable bonds is 3. The summed E-state index contributed by atoms with van der Waals surface area (Å²) in [5.74, 6) is -0.226. The summed E-state index contributed by atoms with van der Waals surface area (Å²) in [5, 5.41) is 3.73. The van der Waals surface area contributed by atoms with E-state index < -0.39 is 0 Å². The SMILES string of the molecule is Cc1ccccc1CNC(=O)c1cc(Cl)ccc1Cl. The van der Waals surface area contributed by atoms with E-state index in [2.05, 4.69) is 5.32 Å². The van der Waals surface area contributed by atoms with Crippen molar-refractivity contribution in [2.45, 2.75) is 13.5 Å². The van der Waals surface area contributed by atoms with E-state index in [0.29, 0.717) is 22.2 Å². The maximum absolute atomic E-state index is 12.0. The minimum Gasteiger partial charge on any atom is -0.348 e. The number of aryl methyl sites for hydroxylation is 1. The zero-order valence-electron chi connectivity index (χ0n) is 10.4. The fourth-order valence-electron chi connectivity index (χ4n) is 1.75. The summed E-state index contributed by atoms with van der Waals surface area (Å²) in [7, 11) is 0. The molecule has 19 heavy (non-hydrogen) atoms. The van der Waals surface area contributed by atoms with Gasteiger partial charge in [-0.05, 0) is 36.2 Å². The quantitative estimate of drug-likeness (QED) is 0.901. The molecular weight excluding hydrogens is 281 g/mol. The van der Waals surface area contributed by atoms with Crippen LogP contribution in [0, 0.1) is 6.92 Å². The van der Waals surface area contributed by atoms with Crippen LogP contribution in [-0.2, 0) is 6.54 Å². The van der Waals surface area contributed by atoms with E-state index in [4.69, 9.17) is 23.2 Å². The summed E-state index contributed by atoms with van der Waals surface area (Å²) in [4.78, 5) is 12.0. The molecule has 2 aromatic carbocycles. The fourth-order valence-corrected chi connectivity index (χ4v) is 2.13. The second-order valence-corrected chi connectivity index (χ2v) is 5.08. The second-order valence-electron chi connectivity index (χ2n) is 4.23. The lowest BCUT2D eigenvalue weighted by Gasteiger charge is -2.09. The maximum Gasteiger partial charge on any atom is 0.253 e. The molecule has 0 fully saturated rings. The molecule has 2 nitrogen and oxygen atoms in total. The molecular formula is C15H13Cl2NO. The van der Waals surface area contributed by atoms with Crippen LogP contribution in [0.15, 0.2) is 42.5 Å². The van der Waals surface area contributed by atoms with Crippen molar-refractivity contribution >= 4 is 29.1 Å². The lowest BCUT2D eigenvalue weighted by Crippen LogP contribution is -2.23. The van der Waals surface area contributed by atoms with Crippen LogP contribution in [-0.4, -0.2) is 5.91 Å². The van der Waals surface area contributed by atoms with Crippen LogP contribution in [0.3, 0.4) is 0 Å². The first kappa shape index (κ1) is 13.9. The van der Waals surface area contributed by atoms with E-state index in [1.165, 1.54) is 0 Å². The van der Waals surface area contributed by atoms with Crippen molar-refractivity contribution in [2.75, 3.05) is 0 Å². The third kappa shape index (κ3) is 3.49. The molecule has 0 saturated heterocycles. The summed E-state index contributed by atoms with van der Waals surface area (Å²) in [6.07, 6.45) is 0. The highest BCUT2D eigenvalue weighted by atomic mass is 35.5. The molecule has 0 aliphatic carbocycles. The number of benzene rings is 2. The monoisotopic (exact) mass is 293 g/mol. The van der Waals surface area contributed by atoms with Crippen molar-refractivity contribution in [3.05, 3.63) is 69.2 Å². The first-order valence-corrected chi connectivity index (χ1v) is 6.61. The maximum atomic E-state index is 12.0. The first-order chi connectivity index (χ1) is 9.08. The van der Waals surface area contributed by atoms with Gasteiger partial charge in [0.05, 0.1) is 10.6 Å². The molecule has 1 amide bonds. The van der Waals surface area contributed by atoms with Gasteiger partial charge in [-0.3, -0.25) is 4.79 Å². The average Bonchev–Trinajstić information content (AvgIpc) is 2.40. The van der Waals surface area contributed by atoms with Crippen LogP contribution in [0.4, 0.5) is 0 Å². The Bertz CT molecular complexity index is 611. The minimum atomic E-state index is -0.226. The smallest absolute Gasteiger partial charge is 0.253 e. The van der Waals surface area contributed by atoms with E-state index in [1.807, 2.05) is 31.2 Å². The van der Waals surface area contributed by atoms with Gasteiger partial charge in [0.15, 0.2) is 0 Å². The van der Waals surface area contributed by atoms with Gasteiger partial charge < -0.3 is 5.32 Å². The molecule has 2 rings (SSSR count). The first-order valence-electron chi connectivity index (χ1n) is 5.85. The van der Waals surface area contributed by atoms with Crippen molar-refractivity contribution in [3.8, 4) is 0 Å². The number of carbonyl (C=O) groups excluding carboxylic acids is 1. The lowest BCUT2D eigenvalue weighted by atomic mass is 10.1. The molecule has 1 N–H and O–H groups in total. The lowest BCUT2D eigenvalue weighted by molar-refractivity contribution is 0.0951. The summed E-state index contributed by atoms with van der Waals surface area (Å²) in [6.45, 7) is 2.47.